The van der Waals surface area contributed by atoms with Crippen molar-refractivity contribution in [2.24, 2.45) is 11.8 Å². The van der Waals surface area contributed by atoms with Crippen LogP contribution in [0.4, 0.5) is 0 Å². The van der Waals surface area contributed by atoms with Crippen LogP contribution in [0.2, 0.25) is 0 Å². The number of carbonyl (C=O) groups is 2. The number of benzene rings is 1. The van der Waals surface area contributed by atoms with Gasteiger partial charge in [0.25, 0.3) is 0 Å². The largest absolute Gasteiger partial charge is 0.491 e. The van der Waals surface area contributed by atoms with Crippen LogP contribution in [-0.4, -0.2) is 55.4 Å². The molecule has 1 amide bonds. The average molecular weight is 466 g/mol. The number of aliphatic hydroxyl groups excluding tert-OH is 2. The average Bonchev–Trinajstić information content (AvgIpc) is 2.99. The molecule has 0 unspecified atom stereocenters. The monoisotopic (exact) mass is 465 g/mol. The zero-order valence-electron chi connectivity index (χ0n) is 18.1. The van der Waals surface area contributed by atoms with Crippen LogP contribution in [0.1, 0.15) is 32.1 Å². The molecule has 0 bridgehead atoms. The number of amides is 1. The number of unbranched alkanes of at least 4 members (excludes halogenated alkanes) is 1. The number of allylic oxidation sites excluding steroid dienone is 2. The Balaban J connectivity index is 1.78. The molecule has 32 heavy (non-hydrogen) atoms. The quantitative estimate of drug-likeness (QED) is 0.317. The van der Waals surface area contributed by atoms with Crippen LogP contribution < -0.4 is 9.46 Å². The maximum absolute atomic E-state index is 12.3. The Bertz CT molecular complexity index is 912. The lowest BCUT2D eigenvalue weighted by Gasteiger charge is -2.17. The van der Waals surface area contributed by atoms with Gasteiger partial charge in [-0.25, -0.2) is 8.42 Å². The van der Waals surface area contributed by atoms with E-state index in [1.165, 1.54) is 0 Å². The molecule has 3 N–H and O–H groups in total. The van der Waals surface area contributed by atoms with E-state index >= 15 is 0 Å². The van der Waals surface area contributed by atoms with Gasteiger partial charge in [0.2, 0.25) is 15.9 Å². The third kappa shape index (κ3) is 9.33. The minimum atomic E-state index is -3.54. The van der Waals surface area contributed by atoms with Crippen LogP contribution in [0.3, 0.4) is 0 Å². The van der Waals surface area contributed by atoms with Crippen molar-refractivity contribution in [1.82, 2.24) is 4.72 Å². The number of para-hydroxylation sites is 1. The van der Waals surface area contributed by atoms with Gasteiger partial charge in [0.05, 0.1) is 12.4 Å². The van der Waals surface area contributed by atoms with Gasteiger partial charge in [0.1, 0.15) is 24.2 Å². The number of sulfonamides is 1. The lowest BCUT2D eigenvalue weighted by atomic mass is 9.90. The predicted octanol–water partition coefficient (Wildman–Crippen LogP) is 1.74. The fraction of sp³-hybridized carbons (Fsp3) is 0.478. The highest BCUT2D eigenvalue weighted by atomic mass is 32.2. The number of hydrogen-bond acceptors (Lipinski definition) is 7. The van der Waals surface area contributed by atoms with Gasteiger partial charge < -0.3 is 14.9 Å². The molecule has 1 saturated carbocycles. The van der Waals surface area contributed by atoms with E-state index in [0.29, 0.717) is 25.0 Å². The first-order valence-electron chi connectivity index (χ1n) is 10.6. The van der Waals surface area contributed by atoms with E-state index in [0.717, 1.165) is 6.26 Å². The standard InChI is InChI=1S/C23H31NO7S/c1-32(29,30)24-23(28)12-8-3-2-7-11-19-20(22(27)15-21(19)26)14-13-17(25)16-31-18-9-5-4-6-10-18/h2,4-7,9-10,13-14,17,19-20,22,25,27H,3,8,11-12,15-16H2,1H3,(H,24,28)/b7-2-,14-13+/t17-,19+,20+,22+/m0/s1. The number of ketones is 1. The second-order valence-corrected chi connectivity index (χ2v) is 9.64. The van der Waals surface area contributed by atoms with Gasteiger partial charge in [0, 0.05) is 24.7 Å². The van der Waals surface area contributed by atoms with Crippen LogP contribution in [0.5, 0.6) is 5.75 Å². The lowest BCUT2D eigenvalue weighted by Crippen LogP contribution is -2.28. The van der Waals surface area contributed by atoms with Crippen LogP contribution in [0.25, 0.3) is 0 Å². The summed E-state index contributed by atoms with van der Waals surface area (Å²) in [4.78, 5) is 23.7. The number of rotatable bonds is 12. The zero-order chi connectivity index (χ0) is 23.6. The van der Waals surface area contributed by atoms with Gasteiger partial charge in [-0.2, -0.15) is 0 Å². The number of hydrogen-bond donors (Lipinski definition) is 3. The summed E-state index contributed by atoms with van der Waals surface area (Å²) in [5.74, 6) is -0.700. The van der Waals surface area contributed by atoms with Crippen LogP contribution in [0.15, 0.2) is 54.6 Å². The summed E-state index contributed by atoms with van der Waals surface area (Å²) in [6.07, 6.45) is 7.84. The molecule has 1 aromatic rings. The van der Waals surface area contributed by atoms with E-state index in [-0.39, 0.29) is 37.1 Å². The van der Waals surface area contributed by atoms with Gasteiger partial charge in [-0.3, -0.25) is 14.3 Å². The molecule has 1 aliphatic rings. The van der Waals surface area contributed by atoms with Crippen LogP contribution >= 0.6 is 0 Å². The van der Waals surface area contributed by atoms with E-state index in [4.69, 9.17) is 4.74 Å². The Morgan fingerprint density at radius 3 is 2.69 bits per heavy atom. The number of nitrogens with one attached hydrogen (secondary N) is 1. The molecule has 176 valence electrons. The van der Waals surface area contributed by atoms with E-state index in [2.05, 4.69) is 0 Å². The highest BCUT2D eigenvalue weighted by molar-refractivity contribution is 7.89. The molecule has 0 saturated heterocycles. The van der Waals surface area contributed by atoms with Gasteiger partial charge in [-0.05, 0) is 31.4 Å². The summed E-state index contributed by atoms with van der Waals surface area (Å²) < 4.78 is 29.4. The lowest BCUT2D eigenvalue weighted by molar-refractivity contribution is -0.121. The second kappa shape index (κ2) is 12.5. The third-order valence-electron chi connectivity index (χ3n) is 5.08. The van der Waals surface area contributed by atoms with E-state index in [9.17, 15) is 28.2 Å². The Morgan fingerprint density at radius 1 is 1.28 bits per heavy atom. The molecule has 1 aromatic carbocycles. The summed E-state index contributed by atoms with van der Waals surface area (Å²) >= 11 is 0. The molecular weight excluding hydrogens is 434 g/mol. The van der Waals surface area contributed by atoms with Crippen molar-refractivity contribution in [3.8, 4) is 5.75 Å². The number of aliphatic hydroxyl groups is 2. The van der Waals surface area contributed by atoms with Crippen molar-refractivity contribution < 1.29 is 33.0 Å². The Kier molecular flexibility index (Phi) is 10.1. The molecule has 0 heterocycles. The second-order valence-electron chi connectivity index (χ2n) is 7.89. The zero-order valence-corrected chi connectivity index (χ0v) is 18.9. The van der Waals surface area contributed by atoms with Gasteiger partial charge in [0.15, 0.2) is 0 Å². The molecule has 0 aliphatic heterocycles. The SMILES string of the molecule is CS(=O)(=O)NC(=O)CCC/C=C\C[C@H]1C(=O)C[C@@H](O)[C@@H]1/C=C/[C@H](O)COc1ccccc1. The molecular formula is C23H31NO7S. The van der Waals surface area contributed by atoms with Gasteiger partial charge >= 0.3 is 0 Å². The Labute approximate surface area is 189 Å². The van der Waals surface area contributed by atoms with E-state index in [1.54, 1.807) is 24.3 Å². The van der Waals surface area contributed by atoms with Gasteiger partial charge in [-0.1, -0.05) is 42.5 Å². The topological polar surface area (TPSA) is 130 Å². The van der Waals surface area contributed by atoms with Crippen molar-refractivity contribution in [3.05, 3.63) is 54.6 Å². The number of carbonyl (C=O) groups excluding carboxylic acids is 2. The Hall–Kier alpha value is -2.49. The summed E-state index contributed by atoms with van der Waals surface area (Å²) in [5.41, 5.74) is 0. The predicted molar refractivity (Wildman–Crippen MR) is 120 cm³/mol. The minimum Gasteiger partial charge on any atom is -0.491 e. The van der Waals surface area contributed by atoms with E-state index in [1.807, 2.05) is 35.1 Å². The summed E-state index contributed by atoms with van der Waals surface area (Å²) in [6.45, 7) is 0.0642. The van der Waals surface area contributed by atoms with Gasteiger partial charge in [-0.15, -0.1) is 0 Å². The smallest absolute Gasteiger partial charge is 0.233 e. The van der Waals surface area contributed by atoms with Crippen molar-refractivity contribution >= 4 is 21.7 Å². The van der Waals surface area contributed by atoms with Crippen LogP contribution in [0, 0.1) is 11.8 Å². The third-order valence-corrected chi connectivity index (χ3v) is 5.68. The highest BCUT2D eigenvalue weighted by Crippen LogP contribution is 2.33. The molecule has 4 atom stereocenters. The first-order chi connectivity index (χ1) is 15.2. The van der Waals surface area contributed by atoms with Crippen molar-refractivity contribution in [2.75, 3.05) is 12.9 Å². The number of ether oxygens (including phenoxy) is 1. The maximum atomic E-state index is 12.3. The fourth-order valence-corrected chi connectivity index (χ4v) is 4.05. The normalized spacial score (nSPS) is 22.5. The molecule has 0 radical (unpaired) electrons. The molecule has 1 aliphatic carbocycles. The molecule has 9 heteroatoms. The molecule has 0 spiro atoms. The van der Waals surface area contributed by atoms with Crippen molar-refractivity contribution in [3.63, 3.8) is 0 Å². The first-order valence-corrected chi connectivity index (χ1v) is 12.5. The number of Topliss-reactive ketones (excluding diaryl/α,β-unsaturated/α-hetero) is 1. The van der Waals surface area contributed by atoms with Crippen molar-refractivity contribution in [2.45, 2.75) is 44.3 Å². The van der Waals surface area contributed by atoms with Crippen molar-refractivity contribution in [1.29, 1.82) is 0 Å². The maximum Gasteiger partial charge on any atom is 0.233 e. The highest BCUT2D eigenvalue weighted by Gasteiger charge is 2.39. The minimum absolute atomic E-state index is 0.0284. The summed E-state index contributed by atoms with van der Waals surface area (Å²) in [6, 6.07) is 9.11. The van der Waals surface area contributed by atoms with E-state index < -0.39 is 28.1 Å². The summed E-state index contributed by atoms with van der Waals surface area (Å²) in [7, 11) is -3.54. The Morgan fingerprint density at radius 2 is 2.00 bits per heavy atom. The molecule has 2 rings (SSSR count). The first kappa shape index (κ1) is 25.8. The molecule has 0 aromatic heterocycles. The summed E-state index contributed by atoms with van der Waals surface area (Å²) in [5, 5.41) is 20.4. The molecule has 1 fully saturated rings. The molecule has 8 nitrogen and oxygen atoms in total. The fourth-order valence-electron chi connectivity index (χ4n) is 3.54. The van der Waals surface area contributed by atoms with Crippen LogP contribution in [-0.2, 0) is 19.6 Å².